The third-order valence-corrected chi connectivity index (χ3v) is 4.07. The standard InChI is InChI=1S/C10H15N3S/c1-2-8-9(3-1)14-10(13-8)12-7-4-5-11-6-7/h7,11H,1-6H2,(H,12,13). The molecule has 1 aliphatic carbocycles. The van der Waals surface area contributed by atoms with E-state index in [1.165, 1.54) is 36.3 Å². The second kappa shape index (κ2) is 3.51. The maximum Gasteiger partial charge on any atom is 0.183 e. The molecule has 0 saturated carbocycles. The normalized spacial score (nSPS) is 25.3. The van der Waals surface area contributed by atoms with Gasteiger partial charge in [-0.1, -0.05) is 0 Å². The highest BCUT2D eigenvalue weighted by Crippen LogP contribution is 2.30. The smallest absolute Gasteiger partial charge is 0.183 e. The topological polar surface area (TPSA) is 37.0 Å². The molecule has 1 unspecified atom stereocenters. The molecule has 0 amide bonds. The molecule has 0 aromatic carbocycles. The zero-order valence-corrected chi connectivity index (χ0v) is 8.99. The van der Waals surface area contributed by atoms with Crippen molar-refractivity contribution in [2.24, 2.45) is 0 Å². The van der Waals surface area contributed by atoms with Crippen molar-refractivity contribution >= 4 is 16.5 Å². The van der Waals surface area contributed by atoms with Gasteiger partial charge in [0.2, 0.25) is 0 Å². The van der Waals surface area contributed by atoms with Crippen LogP contribution in [0.25, 0.3) is 0 Å². The second-order valence-electron chi connectivity index (χ2n) is 4.08. The molecule has 0 radical (unpaired) electrons. The van der Waals surface area contributed by atoms with Crippen LogP contribution in [0.3, 0.4) is 0 Å². The molecule has 1 atom stereocenters. The van der Waals surface area contributed by atoms with Crippen molar-refractivity contribution in [3.8, 4) is 0 Å². The molecular formula is C10H15N3S. The SMILES string of the molecule is C1Cc2nc(NC3CCNC3)sc2C1. The lowest BCUT2D eigenvalue weighted by Gasteiger charge is -2.08. The van der Waals surface area contributed by atoms with Crippen LogP contribution in [-0.4, -0.2) is 24.1 Å². The van der Waals surface area contributed by atoms with Gasteiger partial charge >= 0.3 is 0 Å². The van der Waals surface area contributed by atoms with Gasteiger partial charge in [-0.25, -0.2) is 4.98 Å². The predicted octanol–water partition coefficient (Wildman–Crippen LogP) is 1.41. The molecule has 1 saturated heterocycles. The number of fused-ring (bicyclic) bond motifs is 1. The monoisotopic (exact) mass is 209 g/mol. The Morgan fingerprint density at radius 2 is 2.43 bits per heavy atom. The first-order valence-corrected chi connectivity index (χ1v) is 6.19. The summed E-state index contributed by atoms with van der Waals surface area (Å²) in [6, 6.07) is 0.598. The van der Waals surface area contributed by atoms with Gasteiger partial charge in [-0.2, -0.15) is 0 Å². The largest absolute Gasteiger partial charge is 0.357 e. The zero-order chi connectivity index (χ0) is 9.38. The molecule has 14 heavy (non-hydrogen) atoms. The van der Waals surface area contributed by atoms with Crippen molar-refractivity contribution in [3.63, 3.8) is 0 Å². The van der Waals surface area contributed by atoms with Gasteiger partial charge in [0.1, 0.15) is 0 Å². The Balaban J connectivity index is 1.71. The Morgan fingerprint density at radius 3 is 3.21 bits per heavy atom. The molecule has 4 heteroatoms. The van der Waals surface area contributed by atoms with Crippen molar-refractivity contribution in [2.75, 3.05) is 18.4 Å². The average Bonchev–Trinajstić information content (AvgIpc) is 2.78. The molecule has 0 bridgehead atoms. The number of aryl methyl sites for hydroxylation is 2. The Hall–Kier alpha value is -0.610. The first kappa shape index (κ1) is 8.68. The van der Waals surface area contributed by atoms with Gasteiger partial charge in [0.15, 0.2) is 5.13 Å². The van der Waals surface area contributed by atoms with Crippen LogP contribution in [0.1, 0.15) is 23.4 Å². The van der Waals surface area contributed by atoms with E-state index in [0.29, 0.717) is 6.04 Å². The molecule has 1 aromatic heterocycles. The quantitative estimate of drug-likeness (QED) is 0.773. The van der Waals surface area contributed by atoms with E-state index in [2.05, 4.69) is 15.6 Å². The minimum absolute atomic E-state index is 0.598. The first-order valence-electron chi connectivity index (χ1n) is 5.37. The molecule has 3 rings (SSSR count). The lowest BCUT2D eigenvalue weighted by molar-refractivity contribution is 0.790. The molecule has 3 nitrogen and oxygen atoms in total. The van der Waals surface area contributed by atoms with Crippen LogP contribution in [0.2, 0.25) is 0 Å². The van der Waals surface area contributed by atoms with Crippen molar-refractivity contribution in [1.29, 1.82) is 0 Å². The molecule has 1 aromatic rings. The molecule has 1 aliphatic heterocycles. The van der Waals surface area contributed by atoms with Gasteiger partial charge in [-0.15, -0.1) is 11.3 Å². The van der Waals surface area contributed by atoms with Gasteiger partial charge in [0.05, 0.1) is 5.69 Å². The lowest BCUT2D eigenvalue weighted by Crippen LogP contribution is -2.21. The van der Waals surface area contributed by atoms with Gasteiger partial charge < -0.3 is 10.6 Å². The van der Waals surface area contributed by atoms with Crippen LogP contribution in [0, 0.1) is 0 Å². The van der Waals surface area contributed by atoms with Crippen LogP contribution in [0.4, 0.5) is 5.13 Å². The summed E-state index contributed by atoms with van der Waals surface area (Å²) in [5, 5.41) is 8.01. The highest BCUT2D eigenvalue weighted by atomic mass is 32.1. The average molecular weight is 209 g/mol. The maximum atomic E-state index is 4.63. The molecule has 1 fully saturated rings. The minimum Gasteiger partial charge on any atom is -0.357 e. The number of hydrogen-bond acceptors (Lipinski definition) is 4. The van der Waals surface area contributed by atoms with Crippen LogP contribution in [0.15, 0.2) is 0 Å². The summed E-state index contributed by atoms with van der Waals surface area (Å²) in [7, 11) is 0. The first-order chi connectivity index (χ1) is 6.92. The van der Waals surface area contributed by atoms with Gasteiger partial charge in [0, 0.05) is 17.5 Å². The Bertz CT molecular complexity index is 307. The molecule has 2 aliphatic rings. The van der Waals surface area contributed by atoms with Crippen LogP contribution in [-0.2, 0) is 12.8 Å². The summed E-state index contributed by atoms with van der Waals surface area (Å²) < 4.78 is 0. The molecule has 0 spiro atoms. The number of aromatic nitrogens is 1. The van der Waals surface area contributed by atoms with E-state index in [9.17, 15) is 0 Å². The summed E-state index contributed by atoms with van der Waals surface area (Å²) in [4.78, 5) is 6.15. The van der Waals surface area contributed by atoms with E-state index in [0.717, 1.165) is 18.2 Å². The number of anilines is 1. The highest BCUT2D eigenvalue weighted by Gasteiger charge is 2.19. The summed E-state index contributed by atoms with van der Waals surface area (Å²) >= 11 is 1.86. The van der Waals surface area contributed by atoms with Crippen molar-refractivity contribution < 1.29 is 0 Å². The van der Waals surface area contributed by atoms with E-state index in [1.807, 2.05) is 11.3 Å². The molecule has 2 heterocycles. The van der Waals surface area contributed by atoms with Crippen LogP contribution >= 0.6 is 11.3 Å². The summed E-state index contributed by atoms with van der Waals surface area (Å²) in [6.45, 7) is 2.23. The van der Waals surface area contributed by atoms with Gasteiger partial charge in [0.25, 0.3) is 0 Å². The Kier molecular flexibility index (Phi) is 2.18. The number of hydrogen-bond donors (Lipinski definition) is 2. The molecule has 2 N–H and O–H groups in total. The van der Waals surface area contributed by atoms with E-state index in [-0.39, 0.29) is 0 Å². The maximum absolute atomic E-state index is 4.63. The number of rotatable bonds is 2. The fourth-order valence-corrected chi connectivity index (χ4v) is 3.33. The summed E-state index contributed by atoms with van der Waals surface area (Å²) in [5.74, 6) is 0. The van der Waals surface area contributed by atoms with Gasteiger partial charge in [-0.05, 0) is 32.2 Å². The number of nitrogens with one attached hydrogen (secondary N) is 2. The second-order valence-corrected chi connectivity index (χ2v) is 5.16. The number of nitrogens with zero attached hydrogens (tertiary/aromatic N) is 1. The van der Waals surface area contributed by atoms with Crippen molar-refractivity contribution in [1.82, 2.24) is 10.3 Å². The number of thiazole rings is 1. The Labute approximate surface area is 87.9 Å². The van der Waals surface area contributed by atoms with E-state index in [4.69, 9.17) is 0 Å². The Morgan fingerprint density at radius 1 is 1.43 bits per heavy atom. The predicted molar refractivity (Wildman–Crippen MR) is 59.0 cm³/mol. The van der Waals surface area contributed by atoms with E-state index < -0.39 is 0 Å². The summed E-state index contributed by atoms with van der Waals surface area (Å²) in [5.41, 5.74) is 1.35. The fraction of sp³-hybridized carbons (Fsp3) is 0.700. The van der Waals surface area contributed by atoms with E-state index >= 15 is 0 Å². The molecular weight excluding hydrogens is 194 g/mol. The highest BCUT2D eigenvalue weighted by molar-refractivity contribution is 7.15. The lowest BCUT2D eigenvalue weighted by atomic mass is 10.3. The van der Waals surface area contributed by atoms with Crippen LogP contribution in [0.5, 0.6) is 0 Å². The van der Waals surface area contributed by atoms with Gasteiger partial charge in [-0.3, -0.25) is 0 Å². The third-order valence-electron chi connectivity index (χ3n) is 2.98. The zero-order valence-electron chi connectivity index (χ0n) is 8.18. The van der Waals surface area contributed by atoms with E-state index in [1.54, 1.807) is 0 Å². The fourth-order valence-electron chi connectivity index (χ4n) is 2.20. The minimum atomic E-state index is 0.598. The third kappa shape index (κ3) is 1.53. The molecule has 76 valence electrons. The summed E-state index contributed by atoms with van der Waals surface area (Å²) in [6.07, 6.45) is 4.97. The van der Waals surface area contributed by atoms with Crippen LogP contribution < -0.4 is 10.6 Å². The van der Waals surface area contributed by atoms with Crippen molar-refractivity contribution in [2.45, 2.75) is 31.7 Å². The van der Waals surface area contributed by atoms with Crippen molar-refractivity contribution in [3.05, 3.63) is 10.6 Å².